The number of halogens is 1. The molecule has 0 saturated heterocycles. The first-order valence-corrected chi connectivity index (χ1v) is 6.10. The van der Waals surface area contributed by atoms with Crippen LogP contribution in [0.1, 0.15) is 0 Å². The Morgan fingerprint density at radius 1 is 1.06 bits per heavy atom. The normalized spacial score (nSPS) is 10.6. The number of nitrogens with zero attached hydrogens (tertiary/aromatic N) is 2. The molecular formula is C12H7ClN2OS. The summed E-state index contributed by atoms with van der Waals surface area (Å²) in [6, 6.07) is 9.34. The third-order valence-corrected chi connectivity index (χ3v) is 3.31. The third kappa shape index (κ3) is 2.09. The average molecular weight is 263 g/mol. The van der Waals surface area contributed by atoms with Crippen molar-refractivity contribution in [2.24, 2.45) is 0 Å². The Labute approximate surface area is 107 Å². The lowest BCUT2D eigenvalue weighted by atomic mass is 10.2. The van der Waals surface area contributed by atoms with Crippen LogP contribution >= 0.6 is 23.1 Å². The average Bonchev–Trinajstić information content (AvgIpc) is 3.00. The highest BCUT2D eigenvalue weighted by atomic mass is 35.5. The van der Waals surface area contributed by atoms with Gasteiger partial charge in [0.1, 0.15) is 11.3 Å². The molecule has 17 heavy (non-hydrogen) atoms. The predicted octanol–water partition coefficient (Wildman–Crippen LogP) is 4.12. The van der Waals surface area contributed by atoms with Crippen LogP contribution in [0.2, 0.25) is 5.02 Å². The molecule has 3 rings (SSSR count). The summed E-state index contributed by atoms with van der Waals surface area (Å²) in [5, 5.41) is 1.56. The van der Waals surface area contributed by atoms with Gasteiger partial charge in [-0.3, -0.25) is 0 Å². The van der Waals surface area contributed by atoms with Gasteiger partial charge in [-0.05, 0) is 41.9 Å². The van der Waals surface area contributed by atoms with Crippen molar-refractivity contribution in [3.8, 4) is 22.0 Å². The molecule has 0 aliphatic rings. The summed E-state index contributed by atoms with van der Waals surface area (Å²) in [5.74, 6) is 0.711. The fourth-order valence-corrected chi connectivity index (χ4v) is 2.24. The van der Waals surface area contributed by atoms with Gasteiger partial charge in [0.05, 0.1) is 11.8 Å². The maximum absolute atomic E-state index is 5.83. The molecular weight excluding hydrogens is 256 g/mol. The van der Waals surface area contributed by atoms with Crippen LogP contribution in [0.5, 0.6) is 0 Å². The van der Waals surface area contributed by atoms with Crippen molar-refractivity contribution in [2.45, 2.75) is 0 Å². The second-order valence-corrected chi connectivity index (χ2v) is 4.63. The topological polar surface area (TPSA) is 38.9 Å². The second kappa shape index (κ2) is 4.31. The van der Waals surface area contributed by atoms with Crippen molar-refractivity contribution in [3.05, 3.63) is 47.9 Å². The first-order chi connectivity index (χ1) is 8.33. The first-order valence-electron chi connectivity index (χ1n) is 4.95. The highest BCUT2D eigenvalue weighted by Crippen LogP contribution is 2.26. The van der Waals surface area contributed by atoms with Gasteiger partial charge in [0.25, 0.3) is 0 Å². The molecule has 0 unspecified atom stereocenters. The van der Waals surface area contributed by atoms with Crippen molar-refractivity contribution in [1.29, 1.82) is 0 Å². The summed E-state index contributed by atoms with van der Waals surface area (Å²) in [6.45, 7) is 0. The van der Waals surface area contributed by atoms with E-state index in [1.807, 2.05) is 30.3 Å². The Balaban J connectivity index is 1.98. The lowest BCUT2D eigenvalue weighted by molar-refractivity contribution is 0.568. The molecule has 0 N–H and O–H groups in total. The second-order valence-electron chi connectivity index (χ2n) is 3.44. The lowest BCUT2D eigenvalue weighted by Crippen LogP contribution is -1.79. The number of hydrogen-bond acceptors (Lipinski definition) is 4. The summed E-state index contributed by atoms with van der Waals surface area (Å²) in [4.78, 5) is 4.46. The Morgan fingerprint density at radius 2 is 1.88 bits per heavy atom. The first kappa shape index (κ1) is 10.5. The number of rotatable bonds is 2. The van der Waals surface area contributed by atoms with E-state index in [-0.39, 0.29) is 0 Å². The molecule has 2 heterocycles. The van der Waals surface area contributed by atoms with E-state index in [0.717, 1.165) is 16.1 Å². The van der Waals surface area contributed by atoms with Crippen molar-refractivity contribution >= 4 is 23.1 Å². The Kier molecular flexibility index (Phi) is 2.66. The predicted molar refractivity (Wildman–Crippen MR) is 68.1 cm³/mol. The van der Waals surface area contributed by atoms with E-state index in [1.54, 1.807) is 12.5 Å². The molecule has 0 atom stereocenters. The highest BCUT2D eigenvalue weighted by Gasteiger charge is 2.08. The molecule has 0 spiro atoms. The molecule has 0 aliphatic heterocycles. The monoisotopic (exact) mass is 262 g/mol. The maximum Gasteiger partial charge on any atom is 0.173 e. The van der Waals surface area contributed by atoms with E-state index < -0.39 is 0 Å². The molecule has 84 valence electrons. The minimum absolute atomic E-state index is 0.707. The van der Waals surface area contributed by atoms with Gasteiger partial charge in [-0.25, -0.2) is 4.98 Å². The summed E-state index contributed by atoms with van der Waals surface area (Å²) in [5.41, 5.74) is 1.91. The van der Waals surface area contributed by atoms with E-state index in [0.29, 0.717) is 10.8 Å². The van der Waals surface area contributed by atoms with Crippen molar-refractivity contribution in [2.75, 3.05) is 0 Å². The molecule has 0 bridgehead atoms. The number of hydrogen-bond donors (Lipinski definition) is 0. The van der Waals surface area contributed by atoms with Gasteiger partial charge in [-0.15, -0.1) is 0 Å². The van der Waals surface area contributed by atoms with E-state index >= 15 is 0 Å². The third-order valence-electron chi connectivity index (χ3n) is 2.30. The van der Waals surface area contributed by atoms with Crippen LogP contribution in [0.25, 0.3) is 22.0 Å². The minimum atomic E-state index is 0.707. The van der Waals surface area contributed by atoms with Crippen LogP contribution in [0.3, 0.4) is 0 Å². The summed E-state index contributed by atoms with van der Waals surface area (Å²) in [6.07, 6.45) is 3.28. The maximum atomic E-state index is 5.83. The quantitative estimate of drug-likeness (QED) is 0.697. The molecule has 5 heteroatoms. The van der Waals surface area contributed by atoms with Crippen LogP contribution in [0.15, 0.2) is 47.3 Å². The summed E-state index contributed by atoms with van der Waals surface area (Å²) in [7, 11) is 0. The smallest absolute Gasteiger partial charge is 0.173 e. The van der Waals surface area contributed by atoms with Gasteiger partial charge in [-0.2, -0.15) is 4.37 Å². The van der Waals surface area contributed by atoms with Crippen LogP contribution in [0.4, 0.5) is 0 Å². The molecule has 0 saturated carbocycles. The SMILES string of the molecule is Clc1ccc(-c2nsc(-c3ccoc3)n2)cc1. The van der Waals surface area contributed by atoms with Gasteiger partial charge >= 0.3 is 0 Å². The van der Waals surface area contributed by atoms with Crippen LogP contribution < -0.4 is 0 Å². The van der Waals surface area contributed by atoms with E-state index in [9.17, 15) is 0 Å². The fraction of sp³-hybridized carbons (Fsp3) is 0. The zero-order chi connectivity index (χ0) is 11.7. The molecule has 0 radical (unpaired) electrons. The largest absolute Gasteiger partial charge is 0.472 e. The van der Waals surface area contributed by atoms with Crippen molar-refractivity contribution < 1.29 is 4.42 Å². The van der Waals surface area contributed by atoms with Gasteiger partial charge in [-0.1, -0.05) is 11.6 Å². The molecule has 3 nitrogen and oxygen atoms in total. The van der Waals surface area contributed by atoms with Crippen LogP contribution in [-0.2, 0) is 0 Å². The van der Waals surface area contributed by atoms with Crippen LogP contribution in [0, 0.1) is 0 Å². The Hall–Kier alpha value is -1.65. The number of furan rings is 1. The zero-order valence-corrected chi connectivity index (χ0v) is 10.2. The van der Waals surface area contributed by atoms with Gasteiger partial charge in [0, 0.05) is 10.6 Å². The zero-order valence-electron chi connectivity index (χ0n) is 8.63. The highest BCUT2D eigenvalue weighted by molar-refractivity contribution is 7.09. The molecule has 0 fully saturated rings. The standard InChI is InChI=1S/C12H7ClN2OS/c13-10-3-1-8(2-4-10)11-14-12(17-15-11)9-5-6-16-7-9/h1-7H. The molecule has 3 aromatic rings. The van der Waals surface area contributed by atoms with Crippen LogP contribution in [-0.4, -0.2) is 9.36 Å². The number of aromatic nitrogens is 2. The lowest BCUT2D eigenvalue weighted by Gasteiger charge is -1.94. The summed E-state index contributed by atoms with van der Waals surface area (Å²) < 4.78 is 9.34. The van der Waals surface area contributed by atoms with Gasteiger partial charge in [0.2, 0.25) is 0 Å². The molecule has 0 aliphatic carbocycles. The van der Waals surface area contributed by atoms with Gasteiger partial charge < -0.3 is 4.42 Å². The molecule has 0 amide bonds. The Bertz CT molecular complexity index is 616. The van der Waals surface area contributed by atoms with E-state index in [4.69, 9.17) is 16.0 Å². The number of benzene rings is 1. The molecule has 2 aromatic heterocycles. The van der Waals surface area contributed by atoms with Crippen molar-refractivity contribution in [3.63, 3.8) is 0 Å². The Morgan fingerprint density at radius 3 is 2.59 bits per heavy atom. The van der Waals surface area contributed by atoms with Gasteiger partial charge in [0.15, 0.2) is 5.82 Å². The minimum Gasteiger partial charge on any atom is -0.472 e. The fourth-order valence-electron chi connectivity index (χ4n) is 1.44. The summed E-state index contributed by atoms with van der Waals surface area (Å²) >= 11 is 7.19. The van der Waals surface area contributed by atoms with Crippen molar-refractivity contribution in [1.82, 2.24) is 9.36 Å². The van der Waals surface area contributed by atoms with E-state index in [1.165, 1.54) is 11.5 Å². The molecule has 1 aromatic carbocycles. The van der Waals surface area contributed by atoms with E-state index in [2.05, 4.69) is 9.36 Å².